The molecule has 0 spiro atoms. The van der Waals surface area contributed by atoms with Gasteiger partial charge in [-0.15, -0.1) is 17.5 Å². The molecule has 5 heteroatoms. The summed E-state index contributed by atoms with van der Waals surface area (Å²) in [6, 6.07) is 50.5. The summed E-state index contributed by atoms with van der Waals surface area (Å²) in [6.45, 7) is 4.78. The van der Waals surface area contributed by atoms with Crippen LogP contribution in [0.5, 0.6) is 0 Å². The van der Waals surface area contributed by atoms with Gasteiger partial charge in [0, 0.05) is 38.7 Å². The van der Waals surface area contributed by atoms with Gasteiger partial charge in [0.2, 0.25) is 0 Å². The van der Waals surface area contributed by atoms with Gasteiger partial charge in [-0.05, 0) is 11.5 Å². The molecule has 0 radical (unpaired) electrons. The molecule has 2 heterocycles. The summed E-state index contributed by atoms with van der Waals surface area (Å²) in [7, 11) is -0.0804. The molecule has 5 aromatic carbocycles. The van der Waals surface area contributed by atoms with Crippen molar-refractivity contribution in [2.75, 3.05) is 7.05 Å². The molecule has 0 saturated carbocycles. The Balaban J connectivity index is 0.00000277. The monoisotopic (exact) mass is 699 g/mol. The van der Waals surface area contributed by atoms with Crippen LogP contribution < -0.4 is 14.9 Å². The van der Waals surface area contributed by atoms with Gasteiger partial charge >= 0.3 is 6.01 Å². The Morgan fingerprint density at radius 1 is 0.744 bits per heavy atom. The number of rotatable bonds is 4. The minimum absolute atomic E-state index is 0. The Labute approximate surface area is 244 Å². The van der Waals surface area contributed by atoms with Crippen LogP contribution in [0.4, 0.5) is 17.1 Å². The fraction of sp³-hybridized carbons (Fsp3) is 0.0882. The van der Waals surface area contributed by atoms with Crippen LogP contribution in [-0.4, -0.2) is 30.3 Å². The third kappa shape index (κ3) is 4.08. The summed E-state index contributed by atoms with van der Waals surface area (Å²) < 4.78 is 6.44. The van der Waals surface area contributed by atoms with E-state index in [1.807, 2.05) is 23.8 Å². The van der Waals surface area contributed by atoms with Gasteiger partial charge in [0.15, 0.2) is 7.05 Å². The van der Waals surface area contributed by atoms with E-state index in [9.17, 15) is 0 Å². The van der Waals surface area contributed by atoms with Crippen molar-refractivity contribution in [3.05, 3.63) is 121 Å². The molecule has 0 unspecified atom stereocenters. The summed E-state index contributed by atoms with van der Waals surface area (Å²) in [6.07, 6.45) is 0. The molecule has 192 valence electrons. The predicted molar refractivity (Wildman–Crippen MR) is 159 cm³/mol. The van der Waals surface area contributed by atoms with E-state index < -0.39 is 8.07 Å². The van der Waals surface area contributed by atoms with Crippen molar-refractivity contribution in [2.45, 2.75) is 13.1 Å². The van der Waals surface area contributed by atoms with E-state index in [-0.39, 0.29) is 21.1 Å². The molecule has 0 bridgehead atoms. The molecule has 1 aromatic heterocycles. The molecular formula is C34H26N3PtSi-. The molecule has 1 aliphatic heterocycles. The largest absolute Gasteiger partial charge is 0.494 e. The van der Waals surface area contributed by atoms with Crippen LogP contribution in [-0.2, 0) is 21.1 Å². The molecule has 0 saturated heterocycles. The topological polar surface area (TPSA) is 10.9 Å². The summed E-state index contributed by atoms with van der Waals surface area (Å²) in [5, 5.41) is 5.02. The van der Waals surface area contributed by atoms with Gasteiger partial charge in [-0.3, -0.25) is 0 Å². The second-order valence-corrected chi connectivity index (χ2v) is 14.6. The van der Waals surface area contributed by atoms with Crippen LogP contribution in [0.1, 0.15) is 0 Å². The average Bonchev–Trinajstić information content (AvgIpc) is 3.48. The maximum atomic E-state index is 3.77. The molecule has 3 nitrogen and oxygen atoms in total. The Morgan fingerprint density at radius 3 is 2.33 bits per heavy atom. The van der Waals surface area contributed by atoms with Crippen LogP contribution in [0.3, 0.4) is 0 Å². The number of nitrogens with zero attached hydrogens (tertiary/aromatic N) is 3. The minimum atomic E-state index is -2.12. The zero-order valence-electron chi connectivity index (χ0n) is 22.0. The maximum Gasteiger partial charge on any atom is 0.494 e. The van der Waals surface area contributed by atoms with Crippen LogP contribution in [0.25, 0.3) is 27.5 Å². The number of para-hydroxylation sites is 4. The third-order valence-electron chi connectivity index (χ3n) is 7.64. The van der Waals surface area contributed by atoms with Crippen molar-refractivity contribution < 1.29 is 25.6 Å². The zero-order valence-corrected chi connectivity index (χ0v) is 25.2. The van der Waals surface area contributed by atoms with Crippen molar-refractivity contribution in [2.24, 2.45) is 0 Å². The second-order valence-electron chi connectivity index (χ2n) is 10.3. The first-order chi connectivity index (χ1) is 18.5. The van der Waals surface area contributed by atoms with E-state index in [2.05, 4.69) is 137 Å². The Kier molecular flexibility index (Phi) is 6.36. The molecule has 0 atom stereocenters. The molecule has 7 rings (SSSR count). The van der Waals surface area contributed by atoms with E-state index in [0.717, 1.165) is 28.3 Å². The van der Waals surface area contributed by atoms with Crippen molar-refractivity contribution in [3.63, 3.8) is 0 Å². The second kappa shape index (κ2) is 9.74. The fourth-order valence-electron chi connectivity index (χ4n) is 5.53. The number of hydrogen-bond donors (Lipinski definition) is 0. The van der Waals surface area contributed by atoms with Gasteiger partial charge in [-0.2, -0.15) is 65.0 Å². The average molecular weight is 700 g/mol. The first-order valence-corrected chi connectivity index (χ1v) is 15.9. The molecule has 6 aromatic rings. The van der Waals surface area contributed by atoms with Crippen LogP contribution in [0, 0.1) is 18.2 Å². The Morgan fingerprint density at radius 2 is 1.51 bits per heavy atom. The number of benzene rings is 5. The van der Waals surface area contributed by atoms with E-state index in [0.29, 0.717) is 0 Å². The third-order valence-corrected chi connectivity index (χ3v) is 10.9. The van der Waals surface area contributed by atoms with Gasteiger partial charge in [0.1, 0.15) is 5.69 Å². The summed E-state index contributed by atoms with van der Waals surface area (Å²) in [5.41, 5.74) is 6.67. The van der Waals surface area contributed by atoms with Gasteiger partial charge in [-0.25, -0.2) is 0 Å². The van der Waals surface area contributed by atoms with Gasteiger partial charge < -0.3 is 4.57 Å². The van der Waals surface area contributed by atoms with Crippen molar-refractivity contribution in [3.8, 4) is 5.69 Å². The molecule has 0 amide bonds. The number of aromatic nitrogens is 1. The normalized spacial score (nSPS) is 12.7. The SMILES string of the molecule is C[N+]1=C=[N+](c2[c-]c([Si](C)(C)c3[c-]cc4c(c3)c3ccccc3n4-c3[c-]cccc3)ccc2)c2ccccc21.[Pt]. The van der Waals surface area contributed by atoms with Gasteiger partial charge in [0.05, 0.1) is 8.07 Å². The van der Waals surface area contributed by atoms with E-state index in [1.54, 1.807) is 0 Å². The van der Waals surface area contributed by atoms with Crippen molar-refractivity contribution in [1.82, 2.24) is 9.14 Å². The van der Waals surface area contributed by atoms with Crippen molar-refractivity contribution >= 4 is 63.3 Å². The number of hydrogen-bond acceptors (Lipinski definition) is 0. The van der Waals surface area contributed by atoms with E-state index in [4.69, 9.17) is 0 Å². The first kappa shape index (κ1) is 25.5. The molecule has 0 fully saturated rings. The molecular weight excluding hydrogens is 674 g/mol. The maximum absolute atomic E-state index is 3.77. The van der Waals surface area contributed by atoms with Crippen LogP contribution in [0.15, 0.2) is 103 Å². The van der Waals surface area contributed by atoms with E-state index in [1.165, 1.54) is 26.7 Å². The predicted octanol–water partition coefficient (Wildman–Crippen LogP) is 6.30. The molecule has 0 aliphatic carbocycles. The molecule has 1 aliphatic rings. The molecule has 0 N–H and O–H groups in total. The molecule has 39 heavy (non-hydrogen) atoms. The fourth-order valence-corrected chi connectivity index (χ4v) is 7.71. The summed E-state index contributed by atoms with van der Waals surface area (Å²) in [5.74, 6) is 0. The zero-order chi connectivity index (χ0) is 25.9. The first-order valence-electron chi connectivity index (χ1n) is 12.9. The minimum Gasteiger partial charge on any atom is -0.387 e. The smallest absolute Gasteiger partial charge is 0.387 e. The summed E-state index contributed by atoms with van der Waals surface area (Å²) >= 11 is 0. The van der Waals surface area contributed by atoms with Gasteiger partial charge in [-0.1, -0.05) is 69.8 Å². The Bertz CT molecular complexity index is 1950. The van der Waals surface area contributed by atoms with Crippen LogP contribution in [0.2, 0.25) is 13.1 Å². The number of fused-ring (bicyclic) bond motifs is 4. The van der Waals surface area contributed by atoms with E-state index >= 15 is 0 Å². The van der Waals surface area contributed by atoms with Gasteiger partial charge in [0.25, 0.3) is 11.4 Å². The Hall–Kier alpha value is -3.81. The quantitative estimate of drug-likeness (QED) is 0.116. The summed E-state index contributed by atoms with van der Waals surface area (Å²) in [4.78, 5) is 0. The van der Waals surface area contributed by atoms with Crippen LogP contribution >= 0.6 is 0 Å². The standard InChI is InChI=1S/C34H26N3Si.Pt/c1-35-24-36(34-19-10-9-18-33(34)35)26-14-11-15-27(22-26)38(2,3)28-20-21-32-30(23-28)29-16-7-8-17-31(29)37(32)25-12-5-4-6-13-25;/h4-12,14-19,21,23H,1-3H3;/q-1;. The van der Waals surface area contributed by atoms with Crippen molar-refractivity contribution in [1.29, 1.82) is 0 Å².